The van der Waals surface area contributed by atoms with Crippen LogP contribution < -0.4 is 14.8 Å². The lowest BCUT2D eigenvalue weighted by Crippen LogP contribution is -2.30. The molecule has 1 N–H and O–H groups in total. The van der Waals surface area contributed by atoms with E-state index < -0.39 is 0 Å². The maximum atomic E-state index is 5.48. The van der Waals surface area contributed by atoms with Gasteiger partial charge >= 0.3 is 0 Å². The van der Waals surface area contributed by atoms with Gasteiger partial charge in [0.15, 0.2) is 23.0 Å². The molecule has 1 saturated carbocycles. The fourth-order valence-electron chi connectivity index (χ4n) is 5.80. The second-order valence-electron chi connectivity index (χ2n) is 10.4. The lowest BCUT2D eigenvalue weighted by atomic mass is 9.89. The highest BCUT2D eigenvalue weighted by atomic mass is 16.5. The van der Waals surface area contributed by atoms with Crippen molar-refractivity contribution in [3.63, 3.8) is 0 Å². The highest BCUT2D eigenvalue weighted by Gasteiger charge is 2.24. The molecule has 6 rings (SSSR count). The monoisotopic (exact) mass is 512 g/mol. The molecule has 0 atom stereocenters. The van der Waals surface area contributed by atoms with Gasteiger partial charge in [0.2, 0.25) is 5.95 Å². The quantitative estimate of drug-likeness (QED) is 0.341. The molecule has 4 aromatic rings. The van der Waals surface area contributed by atoms with Crippen molar-refractivity contribution in [2.45, 2.75) is 64.1 Å². The third-order valence-corrected chi connectivity index (χ3v) is 7.93. The molecule has 38 heavy (non-hydrogen) atoms. The Morgan fingerprint density at radius 1 is 0.974 bits per heavy atom. The minimum Gasteiger partial charge on any atom is -0.493 e. The fourth-order valence-corrected chi connectivity index (χ4v) is 5.80. The third-order valence-electron chi connectivity index (χ3n) is 7.93. The zero-order valence-electron chi connectivity index (χ0n) is 22.3. The molecule has 2 aliphatic rings. The van der Waals surface area contributed by atoms with Crippen molar-refractivity contribution in [2.75, 3.05) is 26.1 Å². The topological polar surface area (TPSA) is 76.8 Å². The first-order valence-corrected chi connectivity index (χ1v) is 13.7. The van der Waals surface area contributed by atoms with Crippen molar-refractivity contribution >= 4 is 11.6 Å². The number of benzene rings is 2. The summed E-state index contributed by atoms with van der Waals surface area (Å²) in [6.07, 6.45) is 9.20. The van der Waals surface area contributed by atoms with Crippen molar-refractivity contribution < 1.29 is 9.47 Å². The third kappa shape index (κ3) is 5.05. The van der Waals surface area contributed by atoms with E-state index in [2.05, 4.69) is 34.5 Å². The summed E-state index contributed by atoms with van der Waals surface area (Å²) in [5.74, 6) is 3.52. The predicted molar refractivity (Wildman–Crippen MR) is 148 cm³/mol. The second-order valence-corrected chi connectivity index (χ2v) is 10.4. The van der Waals surface area contributed by atoms with E-state index >= 15 is 0 Å². The van der Waals surface area contributed by atoms with Crippen LogP contribution in [0.15, 0.2) is 48.7 Å². The predicted octanol–water partition coefficient (Wildman–Crippen LogP) is 5.36. The average molecular weight is 513 g/mol. The summed E-state index contributed by atoms with van der Waals surface area (Å²) in [7, 11) is 3.30. The van der Waals surface area contributed by atoms with Gasteiger partial charge in [-0.3, -0.25) is 4.90 Å². The molecule has 1 fully saturated rings. The Labute approximate surface area is 224 Å². The number of hydrogen-bond donors (Lipinski definition) is 1. The smallest absolute Gasteiger partial charge is 0.226 e. The van der Waals surface area contributed by atoms with Crippen LogP contribution in [0.25, 0.3) is 5.65 Å². The van der Waals surface area contributed by atoms with E-state index in [0.717, 1.165) is 67.2 Å². The van der Waals surface area contributed by atoms with Gasteiger partial charge in [-0.2, -0.15) is 4.52 Å². The largest absolute Gasteiger partial charge is 0.493 e. The summed E-state index contributed by atoms with van der Waals surface area (Å²) in [6, 6.07) is 14.7. The minimum atomic E-state index is 0.428. The van der Waals surface area contributed by atoms with Gasteiger partial charge in [0, 0.05) is 43.9 Å². The number of rotatable bonds is 8. The zero-order chi connectivity index (χ0) is 25.9. The van der Waals surface area contributed by atoms with Gasteiger partial charge in [0.25, 0.3) is 0 Å². The Kier molecular flexibility index (Phi) is 7.14. The highest BCUT2D eigenvalue weighted by Crippen LogP contribution is 2.32. The molecule has 0 radical (unpaired) electrons. The summed E-state index contributed by atoms with van der Waals surface area (Å²) in [5.41, 5.74) is 5.98. The maximum absolute atomic E-state index is 5.48. The minimum absolute atomic E-state index is 0.428. The first kappa shape index (κ1) is 24.7. The van der Waals surface area contributed by atoms with E-state index in [1.54, 1.807) is 14.2 Å². The van der Waals surface area contributed by atoms with E-state index in [0.29, 0.717) is 24.2 Å². The van der Waals surface area contributed by atoms with Crippen LogP contribution >= 0.6 is 0 Å². The Morgan fingerprint density at radius 3 is 2.61 bits per heavy atom. The van der Waals surface area contributed by atoms with Crippen molar-refractivity contribution in [2.24, 2.45) is 0 Å². The SMILES string of the molecule is COc1ccc(CNc2ncc(CN3CCc4ccccc4C3)c3nc(C4CCCCC4)nn23)cc1OC. The molecule has 8 heteroatoms. The van der Waals surface area contributed by atoms with Gasteiger partial charge < -0.3 is 14.8 Å². The van der Waals surface area contributed by atoms with Crippen LogP contribution in [0.4, 0.5) is 5.95 Å². The molecule has 0 amide bonds. The molecule has 3 heterocycles. The number of ether oxygens (including phenoxy) is 2. The van der Waals surface area contributed by atoms with Crippen LogP contribution in [0.1, 0.15) is 66.1 Å². The molecular formula is C30H36N6O2. The van der Waals surface area contributed by atoms with Gasteiger partial charge in [-0.1, -0.05) is 49.6 Å². The average Bonchev–Trinajstić information content (AvgIpc) is 3.43. The van der Waals surface area contributed by atoms with Crippen LogP contribution in [0.3, 0.4) is 0 Å². The summed E-state index contributed by atoms with van der Waals surface area (Å²) >= 11 is 0. The molecule has 1 aliphatic carbocycles. The number of methoxy groups -OCH3 is 2. The Balaban J connectivity index is 1.28. The number of anilines is 1. The highest BCUT2D eigenvalue weighted by molar-refractivity contribution is 5.52. The van der Waals surface area contributed by atoms with E-state index in [-0.39, 0.29) is 0 Å². The van der Waals surface area contributed by atoms with E-state index in [9.17, 15) is 0 Å². The van der Waals surface area contributed by atoms with Crippen molar-refractivity contribution in [1.82, 2.24) is 24.5 Å². The van der Waals surface area contributed by atoms with Crippen molar-refractivity contribution in [1.29, 1.82) is 0 Å². The summed E-state index contributed by atoms with van der Waals surface area (Å²) in [4.78, 5) is 12.4. The van der Waals surface area contributed by atoms with Gasteiger partial charge in [-0.05, 0) is 48.1 Å². The number of nitrogens with one attached hydrogen (secondary N) is 1. The molecule has 1 aliphatic heterocycles. The number of nitrogens with zero attached hydrogens (tertiary/aromatic N) is 5. The molecule has 0 saturated heterocycles. The summed E-state index contributed by atoms with van der Waals surface area (Å²) < 4.78 is 12.8. The molecule has 0 unspecified atom stereocenters. The summed E-state index contributed by atoms with van der Waals surface area (Å²) in [6.45, 7) is 3.38. The van der Waals surface area contributed by atoms with E-state index in [1.165, 1.54) is 30.4 Å². The van der Waals surface area contributed by atoms with Gasteiger partial charge in [-0.15, -0.1) is 5.10 Å². The molecule has 198 valence electrons. The van der Waals surface area contributed by atoms with Crippen LogP contribution in [-0.4, -0.2) is 45.2 Å². The zero-order valence-corrected chi connectivity index (χ0v) is 22.3. The fraction of sp³-hybridized carbons (Fsp3) is 0.433. The second kappa shape index (κ2) is 11.0. The Hall–Kier alpha value is -3.65. The van der Waals surface area contributed by atoms with Gasteiger partial charge in [0.1, 0.15) is 0 Å². The maximum Gasteiger partial charge on any atom is 0.226 e. The molecule has 0 spiro atoms. The van der Waals surface area contributed by atoms with E-state index in [4.69, 9.17) is 24.5 Å². The molecular weight excluding hydrogens is 476 g/mol. The molecule has 2 aromatic heterocycles. The standard InChI is InChI=1S/C30H36N6O2/c1-37-26-13-12-21(16-27(26)38-2)17-31-30-32-18-25(20-35-15-14-22-8-6-7-11-24(22)19-35)29-33-28(34-36(29)30)23-9-4-3-5-10-23/h6-8,11-13,16,18,23H,3-5,9-10,14-15,17,19-20H2,1-2H3,(H,31,32). The van der Waals surface area contributed by atoms with Crippen LogP contribution in [-0.2, 0) is 26.1 Å². The number of fused-ring (bicyclic) bond motifs is 2. The molecule has 0 bridgehead atoms. The molecule has 8 nitrogen and oxygen atoms in total. The lowest BCUT2D eigenvalue weighted by Gasteiger charge is -2.28. The molecule has 2 aromatic carbocycles. The van der Waals surface area contributed by atoms with Gasteiger partial charge in [0.05, 0.1) is 14.2 Å². The summed E-state index contributed by atoms with van der Waals surface area (Å²) in [5, 5.41) is 8.51. The van der Waals surface area contributed by atoms with Crippen LogP contribution in [0, 0.1) is 0 Å². The van der Waals surface area contributed by atoms with Crippen LogP contribution in [0.5, 0.6) is 11.5 Å². The number of aromatic nitrogens is 4. The van der Waals surface area contributed by atoms with Crippen molar-refractivity contribution in [3.8, 4) is 11.5 Å². The number of hydrogen-bond acceptors (Lipinski definition) is 7. The normalized spacial score (nSPS) is 16.4. The Morgan fingerprint density at radius 2 is 1.79 bits per heavy atom. The lowest BCUT2D eigenvalue weighted by molar-refractivity contribution is 0.246. The Bertz CT molecular complexity index is 1410. The first-order chi connectivity index (χ1) is 18.7. The van der Waals surface area contributed by atoms with Crippen LogP contribution in [0.2, 0.25) is 0 Å². The first-order valence-electron chi connectivity index (χ1n) is 13.7. The van der Waals surface area contributed by atoms with Crippen molar-refractivity contribution in [3.05, 3.63) is 76.7 Å². The van der Waals surface area contributed by atoms with Gasteiger partial charge in [-0.25, -0.2) is 9.97 Å². The van der Waals surface area contributed by atoms with E-state index in [1.807, 2.05) is 28.9 Å².